The number of carbonyl (C=O) groups excluding carboxylic acids is 1. The second-order valence-corrected chi connectivity index (χ2v) is 5.49. The summed E-state index contributed by atoms with van der Waals surface area (Å²) in [4.78, 5) is 12.7. The fraction of sp³-hybridized carbons (Fsp3) is 0.105. The van der Waals surface area contributed by atoms with Crippen LogP contribution in [0.1, 0.15) is 17.3 Å². The highest BCUT2D eigenvalue weighted by Crippen LogP contribution is 2.27. The Kier molecular flexibility index (Phi) is 4.49. The topological polar surface area (TPSA) is 38.3 Å². The van der Waals surface area contributed by atoms with Crippen molar-refractivity contribution >= 4 is 34.0 Å². The Morgan fingerprint density at radius 2 is 1.87 bits per heavy atom. The summed E-state index contributed by atoms with van der Waals surface area (Å²) in [6, 6.07) is 18.8. The molecule has 3 aromatic carbocycles. The molecule has 3 aromatic rings. The second-order valence-electron chi connectivity index (χ2n) is 5.05. The molecule has 0 aliphatic heterocycles. The van der Waals surface area contributed by atoms with Gasteiger partial charge in [0.1, 0.15) is 5.75 Å². The maximum absolute atomic E-state index is 12.7. The second kappa shape index (κ2) is 6.71. The molecule has 3 nitrogen and oxygen atoms in total. The average Bonchev–Trinajstić information content (AvgIpc) is 2.57. The Morgan fingerprint density at radius 1 is 1.09 bits per heavy atom. The number of amides is 1. The van der Waals surface area contributed by atoms with E-state index in [1.807, 2.05) is 49.4 Å². The van der Waals surface area contributed by atoms with Crippen LogP contribution in [-0.2, 0) is 0 Å². The molecule has 0 saturated heterocycles. The molecule has 0 atom stereocenters. The van der Waals surface area contributed by atoms with Crippen molar-refractivity contribution < 1.29 is 9.53 Å². The molecule has 0 spiro atoms. The van der Waals surface area contributed by atoms with Crippen LogP contribution in [-0.4, -0.2) is 12.5 Å². The Labute approximate surface area is 139 Å². The van der Waals surface area contributed by atoms with Gasteiger partial charge < -0.3 is 10.1 Å². The number of halogens is 1. The molecule has 4 heteroatoms. The van der Waals surface area contributed by atoms with E-state index in [0.29, 0.717) is 22.9 Å². The van der Waals surface area contributed by atoms with Crippen LogP contribution in [0.4, 0.5) is 5.69 Å². The highest BCUT2D eigenvalue weighted by atomic mass is 35.5. The fourth-order valence-electron chi connectivity index (χ4n) is 2.49. The average molecular weight is 326 g/mol. The van der Waals surface area contributed by atoms with Gasteiger partial charge in [-0.2, -0.15) is 0 Å². The van der Waals surface area contributed by atoms with E-state index >= 15 is 0 Å². The number of anilines is 1. The van der Waals surface area contributed by atoms with Gasteiger partial charge in [0.05, 0.1) is 12.2 Å². The van der Waals surface area contributed by atoms with E-state index in [-0.39, 0.29) is 5.91 Å². The summed E-state index contributed by atoms with van der Waals surface area (Å²) < 4.78 is 5.52. The van der Waals surface area contributed by atoms with Crippen molar-refractivity contribution in [3.63, 3.8) is 0 Å². The third-order valence-corrected chi connectivity index (χ3v) is 3.76. The van der Waals surface area contributed by atoms with Crippen molar-refractivity contribution in [3.05, 3.63) is 71.2 Å². The molecule has 0 bridgehead atoms. The standard InChI is InChI=1S/C19H16ClNO2/c1-2-23-18-11-10-14(20)12-16(18)19(22)21-17-9-5-7-13-6-3-4-8-15(13)17/h3-12H,2H2,1H3,(H,21,22). The van der Waals surface area contributed by atoms with Gasteiger partial charge in [0.15, 0.2) is 0 Å². The lowest BCUT2D eigenvalue weighted by Crippen LogP contribution is -2.14. The van der Waals surface area contributed by atoms with E-state index in [1.54, 1.807) is 18.2 Å². The maximum atomic E-state index is 12.7. The molecule has 0 aliphatic rings. The minimum absolute atomic E-state index is 0.243. The third kappa shape index (κ3) is 3.30. The van der Waals surface area contributed by atoms with E-state index in [9.17, 15) is 4.79 Å². The summed E-state index contributed by atoms with van der Waals surface area (Å²) >= 11 is 6.02. The molecule has 0 heterocycles. The number of ether oxygens (including phenoxy) is 1. The van der Waals surface area contributed by atoms with Gasteiger partial charge in [-0.3, -0.25) is 4.79 Å². The van der Waals surface area contributed by atoms with Gasteiger partial charge in [-0.05, 0) is 36.6 Å². The van der Waals surface area contributed by atoms with Gasteiger partial charge >= 0.3 is 0 Å². The van der Waals surface area contributed by atoms with E-state index in [0.717, 1.165) is 16.5 Å². The predicted octanol–water partition coefficient (Wildman–Crippen LogP) is 5.14. The van der Waals surface area contributed by atoms with Gasteiger partial charge in [-0.1, -0.05) is 48.0 Å². The van der Waals surface area contributed by atoms with Gasteiger partial charge in [0.25, 0.3) is 5.91 Å². The molecule has 0 fully saturated rings. The summed E-state index contributed by atoms with van der Waals surface area (Å²) in [5, 5.41) is 5.51. The first-order chi connectivity index (χ1) is 11.2. The lowest BCUT2D eigenvalue weighted by atomic mass is 10.1. The Bertz CT molecular complexity index is 856. The van der Waals surface area contributed by atoms with Crippen molar-refractivity contribution in [2.75, 3.05) is 11.9 Å². The summed E-state index contributed by atoms with van der Waals surface area (Å²) in [5.41, 5.74) is 1.18. The number of benzene rings is 3. The quantitative estimate of drug-likeness (QED) is 0.721. The van der Waals surface area contributed by atoms with E-state index < -0.39 is 0 Å². The van der Waals surface area contributed by atoms with Crippen molar-refractivity contribution in [1.82, 2.24) is 0 Å². The largest absolute Gasteiger partial charge is 0.493 e. The summed E-state index contributed by atoms with van der Waals surface area (Å²) in [7, 11) is 0. The monoisotopic (exact) mass is 325 g/mol. The number of rotatable bonds is 4. The van der Waals surface area contributed by atoms with E-state index in [1.165, 1.54) is 0 Å². The first kappa shape index (κ1) is 15.4. The van der Waals surface area contributed by atoms with Crippen molar-refractivity contribution in [2.24, 2.45) is 0 Å². The number of hydrogen-bond donors (Lipinski definition) is 1. The number of fused-ring (bicyclic) bond motifs is 1. The smallest absolute Gasteiger partial charge is 0.259 e. The van der Waals surface area contributed by atoms with Gasteiger partial charge in [0, 0.05) is 16.1 Å². The molecule has 23 heavy (non-hydrogen) atoms. The van der Waals surface area contributed by atoms with Gasteiger partial charge in [-0.25, -0.2) is 0 Å². The molecule has 1 N–H and O–H groups in total. The molecule has 116 valence electrons. The molecule has 0 unspecified atom stereocenters. The lowest BCUT2D eigenvalue weighted by Gasteiger charge is -2.12. The maximum Gasteiger partial charge on any atom is 0.259 e. The lowest BCUT2D eigenvalue weighted by molar-refractivity contribution is 0.102. The number of nitrogens with one attached hydrogen (secondary N) is 1. The normalized spacial score (nSPS) is 10.5. The molecule has 0 aromatic heterocycles. The molecular weight excluding hydrogens is 310 g/mol. The van der Waals surface area contributed by atoms with Crippen LogP contribution in [0.25, 0.3) is 10.8 Å². The Balaban J connectivity index is 1.97. The third-order valence-electron chi connectivity index (χ3n) is 3.52. The Morgan fingerprint density at radius 3 is 2.70 bits per heavy atom. The van der Waals surface area contributed by atoms with Gasteiger partial charge in [0.2, 0.25) is 0 Å². The molecular formula is C19H16ClNO2. The number of hydrogen-bond acceptors (Lipinski definition) is 2. The predicted molar refractivity (Wildman–Crippen MR) is 94.5 cm³/mol. The zero-order chi connectivity index (χ0) is 16.2. The minimum atomic E-state index is -0.243. The zero-order valence-corrected chi connectivity index (χ0v) is 13.4. The van der Waals surface area contributed by atoms with Crippen LogP contribution in [0.5, 0.6) is 5.75 Å². The van der Waals surface area contributed by atoms with Crippen molar-refractivity contribution in [2.45, 2.75) is 6.92 Å². The fourth-order valence-corrected chi connectivity index (χ4v) is 2.66. The van der Waals surface area contributed by atoms with Crippen LogP contribution in [0.15, 0.2) is 60.7 Å². The Hall–Kier alpha value is -2.52. The number of carbonyl (C=O) groups is 1. The molecule has 3 rings (SSSR count). The van der Waals surface area contributed by atoms with Crippen LogP contribution in [0, 0.1) is 0 Å². The van der Waals surface area contributed by atoms with Crippen LogP contribution in [0.2, 0.25) is 5.02 Å². The SMILES string of the molecule is CCOc1ccc(Cl)cc1C(=O)Nc1cccc2ccccc12. The van der Waals surface area contributed by atoms with Crippen LogP contribution in [0.3, 0.4) is 0 Å². The summed E-state index contributed by atoms with van der Waals surface area (Å²) in [6.45, 7) is 2.36. The van der Waals surface area contributed by atoms with E-state index in [4.69, 9.17) is 16.3 Å². The summed E-state index contributed by atoms with van der Waals surface area (Å²) in [6.07, 6.45) is 0. The molecule has 0 saturated carbocycles. The first-order valence-electron chi connectivity index (χ1n) is 7.40. The van der Waals surface area contributed by atoms with E-state index in [2.05, 4.69) is 5.32 Å². The zero-order valence-electron chi connectivity index (χ0n) is 12.7. The van der Waals surface area contributed by atoms with Crippen LogP contribution < -0.4 is 10.1 Å². The van der Waals surface area contributed by atoms with Crippen molar-refractivity contribution in [1.29, 1.82) is 0 Å². The molecule has 0 radical (unpaired) electrons. The molecule has 1 amide bonds. The minimum Gasteiger partial charge on any atom is -0.493 e. The van der Waals surface area contributed by atoms with Crippen LogP contribution >= 0.6 is 11.6 Å². The molecule has 0 aliphatic carbocycles. The highest BCUT2D eigenvalue weighted by molar-refractivity contribution is 6.31. The first-order valence-corrected chi connectivity index (χ1v) is 7.78. The van der Waals surface area contributed by atoms with Crippen molar-refractivity contribution in [3.8, 4) is 5.75 Å². The highest BCUT2D eigenvalue weighted by Gasteiger charge is 2.14. The summed E-state index contributed by atoms with van der Waals surface area (Å²) in [5.74, 6) is 0.280. The van der Waals surface area contributed by atoms with Gasteiger partial charge in [-0.15, -0.1) is 0 Å².